The summed E-state index contributed by atoms with van der Waals surface area (Å²) in [4.78, 5) is 7.91. The molecule has 0 bridgehead atoms. The fourth-order valence-corrected chi connectivity index (χ4v) is 1.14. The minimum atomic E-state index is 0. The topological polar surface area (TPSA) is 57.3 Å². The van der Waals surface area contributed by atoms with Crippen molar-refractivity contribution in [2.75, 3.05) is 0 Å². The summed E-state index contributed by atoms with van der Waals surface area (Å²) in [7, 11) is 0. The van der Waals surface area contributed by atoms with Gasteiger partial charge in [0.25, 0.3) is 0 Å². The fraction of sp³-hybridized carbons (Fsp3) is 0. The standard InChI is InChI=1S/C12H10N2.H2O/c1(11-3-7-13-8-4-11)2-12-5-9-14-10-6-12;/h1-10H;1H2/b2-1+;. The van der Waals surface area contributed by atoms with Crippen molar-refractivity contribution in [3.63, 3.8) is 0 Å². The van der Waals surface area contributed by atoms with E-state index in [4.69, 9.17) is 0 Å². The molecule has 0 aliphatic rings. The Morgan fingerprint density at radius 2 is 1.00 bits per heavy atom. The minimum Gasteiger partial charge on any atom is -0.412 e. The molecule has 0 fully saturated rings. The number of nitrogens with zero attached hydrogens (tertiary/aromatic N) is 2. The summed E-state index contributed by atoms with van der Waals surface area (Å²) < 4.78 is 0. The Bertz CT molecular complexity index is 371. The lowest BCUT2D eigenvalue weighted by molar-refractivity contribution is 0.824. The number of hydrogen-bond acceptors (Lipinski definition) is 2. The van der Waals surface area contributed by atoms with E-state index >= 15 is 0 Å². The van der Waals surface area contributed by atoms with Crippen LogP contribution in [0.4, 0.5) is 0 Å². The maximum atomic E-state index is 3.96. The molecule has 76 valence electrons. The van der Waals surface area contributed by atoms with E-state index in [0.29, 0.717) is 0 Å². The number of rotatable bonds is 2. The summed E-state index contributed by atoms with van der Waals surface area (Å²) in [5, 5.41) is 0. The van der Waals surface area contributed by atoms with Gasteiger partial charge in [-0.25, -0.2) is 0 Å². The van der Waals surface area contributed by atoms with Crippen molar-refractivity contribution in [1.29, 1.82) is 0 Å². The lowest BCUT2D eigenvalue weighted by Gasteiger charge is -1.92. The first-order valence-corrected chi connectivity index (χ1v) is 4.43. The lowest BCUT2D eigenvalue weighted by atomic mass is 10.2. The molecule has 0 radical (unpaired) electrons. The Labute approximate surface area is 88.4 Å². The number of pyridine rings is 2. The van der Waals surface area contributed by atoms with Gasteiger partial charge >= 0.3 is 0 Å². The first kappa shape index (κ1) is 11.1. The zero-order valence-corrected chi connectivity index (χ0v) is 8.17. The van der Waals surface area contributed by atoms with Gasteiger partial charge in [-0.05, 0) is 35.4 Å². The van der Waals surface area contributed by atoms with Crippen LogP contribution in [0.5, 0.6) is 0 Å². The highest BCUT2D eigenvalue weighted by atomic mass is 16.0. The van der Waals surface area contributed by atoms with Gasteiger partial charge in [-0.15, -0.1) is 0 Å². The van der Waals surface area contributed by atoms with Crippen LogP contribution in [0.3, 0.4) is 0 Å². The highest BCUT2D eigenvalue weighted by molar-refractivity contribution is 5.68. The maximum absolute atomic E-state index is 3.96. The summed E-state index contributed by atoms with van der Waals surface area (Å²) >= 11 is 0. The van der Waals surface area contributed by atoms with Crippen LogP contribution in [0.25, 0.3) is 12.2 Å². The molecule has 0 atom stereocenters. The van der Waals surface area contributed by atoms with Gasteiger partial charge in [-0.2, -0.15) is 0 Å². The Balaban J connectivity index is 0.00000112. The molecular weight excluding hydrogens is 188 g/mol. The van der Waals surface area contributed by atoms with Crippen LogP contribution in [0.15, 0.2) is 49.1 Å². The molecule has 2 N–H and O–H groups in total. The molecule has 2 heterocycles. The van der Waals surface area contributed by atoms with E-state index in [-0.39, 0.29) is 5.48 Å². The van der Waals surface area contributed by atoms with Crippen molar-refractivity contribution in [3.05, 3.63) is 60.2 Å². The summed E-state index contributed by atoms with van der Waals surface area (Å²) in [6.07, 6.45) is 11.2. The van der Waals surface area contributed by atoms with Crippen molar-refractivity contribution >= 4 is 12.2 Å². The highest BCUT2D eigenvalue weighted by Gasteiger charge is 1.85. The predicted octanol–water partition coefficient (Wildman–Crippen LogP) is 1.82. The van der Waals surface area contributed by atoms with Gasteiger partial charge in [0.1, 0.15) is 0 Å². The average molecular weight is 200 g/mol. The van der Waals surface area contributed by atoms with Crippen LogP contribution in [0, 0.1) is 0 Å². The van der Waals surface area contributed by atoms with Gasteiger partial charge in [-0.1, -0.05) is 12.2 Å². The molecule has 0 aliphatic heterocycles. The maximum Gasteiger partial charge on any atom is 0.0273 e. The van der Waals surface area contributed by atoms with Crippen molar-refractivity contribution in [3.8, 4) is 0 Å². The molecule has 0 aromatic carbocycles. The molecule has 2 rings (SSSR count). The summed E-state index contributed by atoms with van der Waals surface area (Å²) in [6.45, 7) is 0. The van der Waals surface area contributed by atoms with Gasteiger partial charge in [-0.3, -0.25) is 9.97 Å². The van der Waals surface area contributed by atoms with E-state index in [0.717, 1.165) is 11.1 Å². The lowest BCUT2D eigenvalue weighted by Crippen LogP contribution is -1.74. The summed E-state index contributed by atoms with van der Waals surface area (Å²) in [6, 6.07) is 7.88. The molecule has 0 amide bonds. The van der Waals surface area contributed by atoms with Crippen molar-refractivity contribution < 1.29 is 5.48 Å². The number of aromatic nitrogens is 2. The first-order valence-electron chi connectivity index (χ1n) is 4.43. The van der Waals surface area contributed by atoms with E-state index in [1.54, 1.807) is 24.8 Å². The third kappa shape index (κ3) is 3.32. The molecule has 0 saturated heterocycles. The second kappa shape index (κ2) is 5.67. The van der Waals surface area contributed by atoms with E-state index in [1.165, 1.54) is 0 Å². The van der Waals surface area contributed by atoms with Crippen molar-refractivity contribution in [2.24, 2.45) is 0 Å². The fourth-order valence-electron chi connectivity index (χ4n) is 1.14. The largest absolute Gasteiger partial charge is 0.412 e. The van der Waals surface area contributed by atoms with Crippen LogP contribution in [-0.4, -0.2) is 15.4 Å². The SMILES string of the molecule is C(=C\c1ccncc1)/c1ccncc1.O. The molecule has 15 heavy (non-hydrogen) atoms. The van der Waals surface area contributed by atoms with Crippen LogP contribution in [-0.2, 0) is 0 Å². The minimum absolute atomic E-state index is 0. The van der Waals surface area contributed by atoms with Crippen LogP contribution < -0.4 is 0 Å². The zero-order valence-electron chi connectivity index (χ0n) is 8.17. The van der Waals surface area contributed by atoms with Gasteiger partial charge in [0.15, 0.2) is 0 Å². The Hall–Kier alpha value is -2.00. The average Bonchev–Trinajstić information content (AvgIpc) is 2.29. The number of hydrogen-bond donors (Lipinski definition) is 0. The van der Waals surface area contributed by atoms with E-state index in [1.807, 2.05) is 24.3 Å². The van der Waals surface area contributed by atoms with E-state index in [2.05, 4.69) is 22.1 Å². The highest BCUT2D eigenvalue weighted by Crippen LogP contribution is 2.05. The third-order valence-corrected chi connectivity index (χ3v) is 1.88. The molecule has 3 nitrogen and oxygen atoms in total. The monoisotopic (exact) mass is 200 g/mol. The molecule has 0 saturated carbocycles. The van der Waals surface area contributed by atoms with Gasteiger partial charge in [0.05, 0.1) is 0 Å². The van der Waals surface area contributed by atoms with Gasteiger partial charge < -0.3 is 5.48 Å². The summed E-state index contributed by atoms with van der Waals surface area (Å²) in [5.41, 5.74) is 2.30. The van der Waals surface area contributed by atoms with Gasteiger partial charge in [0, 0.05) is 24.8 Å². The van der Waals surface area contributed by atoms with Crippen molar-refractivity contribution in [1.82, 2.24) is 9.97 Å². The molecular formula is C12H12N2O. The molecule has 0 spiro atoms. The Kier molecular flexibility index (Phi) is 4.19. The third-order valence-electron chi connectivity index (χ3n) is 1.88. The Morgan fingerprint density at radius 3 is 1.33 bits per heavy atom. The molecule has 2 aromatic heterocycles. The predicted molar refractivity (Wildman–Crippen MR) is 61.0 cm³/mol. The Morgan fingerprint density at radius 1 is 0.667 bits per heavy atom. The van der Waals surface area contributed by atoms with Crippen LogP contribution in [0.1, 0.15) is 11.1 Å². The van der Waals surface area contributed by atoms with Crippen LogP contribution in [0.2, 0.25) is 0 Å². The van der Waals surface area contributed by atoms with E-state index in [9.17, 15) is 0 Å². The van der Waals surface area contributed by atoms with E-state index < -0.39 is 0 Å². The quantitative estimate of drug-likeness (QED) is 0.742. The zero-order chi connectivity index (χ0) is 9.64. The molecule has 0 aliphatic carbocycles. The second-order valence-electron chi connectivity index (χ2n) is 2.89. The second-order valence-corrected chi connectivity index (χ2v) is 2.89. The van der Waals surface area contributed by atoms with Crippen LogP contribution >= 0.6 is 0 Å². The first-order chi connectivity index (χ1) is 6.95. The van der Waals surface area contributed by atoms with Crippen molar-refractivity contribution in [2.45, 2.75) is 0 Å². The smallest absolute Gasteiger partial charge is 0.0273 e. The van der Waals surface area contributed by atoms with Gasteiger partial charge in [0.2, 0.25) is 0 Å². The normalized spacial score (nSPS) is 9.87. The molecule has 0 unspecified atom stereocenters. The molecule has 2 aromatic rings. The molecule has 3 heteroatoms. The summed E-state index contributed by atoms with van der Waals surface area (Å²) in [5.74, 6) is 0.